The highest BCUT2D eigenvalue weighted by Gasteiger charge is 2.10. The van der Waals surface area contributed by atoms with E-state index < -0.39 is 0 Å². The quantitative estimate of drug-likeness (QED) is 0.623. The van der Waals surface area contributed by atoms with Crippen molar-refractivity contribution in [1.82, 2.24) is 5.32 Å². The molecule has 1 N–H and O–H groups in total. The molecule has 0 bridgehead atoms. The number of rotatable bonds is 6. The van der Waals surface area contributed by atoms with Crippen molar-refractivity contribution >= 4 is 44.8 Å². The van der Waals surface area contributed by atoms with E-state index >= 15 is 0 Å². The number of carbonyl (C=O) groups excluding carboxylic acids is 1. The summed E-state index contributed by atoms with van der Waals surface area (Å²) in [5.41, 5.74) is 1.11. The molecular weight excluding hydrogens is 310 g/mol. The number of carbonyl (C=O) groups is 1. The van der Waals surface area contributed by atoms with Crippen molar-refractivity contribution in [3.63, 3.8) is 0 Å². The predicted molar refractivity (Wildman–Crippen MR) is 73.7 cm³/mol. The Balaban J connectivity index is 2.30. The van der Waals surface area contributed by atoms with Crippen LogP contribution in [0.1, 0.15) is 34.5 Å². The third-order valence-corrected chi connectivity index (χ3v) is 4.58. The van der Waals surface area contributed by atoms with Crippen LogP contribution < -0.4 is 5.32 Å². The minimum atomic E-state index is 0.0182. The zero-order chi connectivity index (χ0) is 12.0. The molecule has 1 amide bonds. The number of thiophene rings is 1. The zero-order valence-corrected chi connectivity index (χ0v) is 12.3. The van der Waals surface area contributed by atoms with Crippen LogP contribution >= 0.6 is 38.9 Å². The lowest BCUT2D eigenvalue weighted by Gasteiger charge is -2.02. The molecule has 0 aliphatic carbocycles. The van der Waals surface area contributed by atoms with Gasteiger partial charge in [-0.1, -0.05) is 6.42 Å². The van der Waals surface area contributed by atoms with E-state index in [9.17, 15) is 4.79 Å². The summed E-state index contributed by atoms with van der Waals surface area (Å²) in [7, 11) is 0. The van der Waals surface area contributed by atoms with Gasteiger partial charge in [-0.2, -0.15) is 0 Å². The largest absolute Gasteiger partial charge is 0.351 e. The maximum atomic E-state index is 11.7. The fraction of sp³-hybridized carbons (Fsp3) is 0.545. The van der Waals surface area contributed by atoms with Gasteiger partial charge in [0.2, 0.25) is 0 Å². The third kappa shape index (κ3) is 4.44. The van der Waals surface area contributed by atoms with Crippen LogP contribution in [0.5, 0.6) is 0 Å². The number of hydrogen-bond acceptors (Lipinski definition) is 2. The Bertz CT molecular complexity index is 334. The molecule has 2 nitrogen and oxygen atoms in total. The fourth-order valence-electron chi connectivity index (χ4n) is 1.26. The number of unbranched alkanes of at least 4 members (excludes halogenated alkanes) is 2. The van der Waals surface area contributed by atoms with E-state index in [4.69, 9.17) is 11.6 Å². The van der Waals surface area contributed by atoms with Crippen molar-refractivity contribution < 1.29 is 4.79 Å². The highest BCUT2D eigenvalue weighted by atomic mass is 79.9. The smallest absolute Gasteiger partial charge is 0.261 e. The number of aryl methyl sites for hydroxylation is 1. The molecule has 0 aliphatic heterocycles. The number of nitrogens with one attached hydrogen (secondary N) is 1. The third-order valence-electron chi connectivity index (χ3n) is 2.18. The van der Waals surface area contributed by atoms with Crippen LogP contribution in [0.4, 0.5) is 0 Å². The SMILES string of the molecule is Cc1cc(C(=O)NCCCCCCl)sc1Br. The molecule has 0 aromatic carbocycles. The van der Waals surface area contributed by atoms with Gasteiger partial charge < -0.3 is 5.32 Å². The van der Waals surface area contributed by atoms with Crippen LogP contribution in [-0.4, -0.2) is 18.3 Å². The molecule has 0 saturated carbocycles. The van der Waals surface area contributed by atoms with Gasteiger partial charge in [0, 0.05) is 12.4 Å². The average Bonchev–Trinajstić information content (AvgIpc) is 2.59. The summed E-state index contributed by atoms with van der Waals surface area (Å²) >= 11 is 10.5. The molecule has 90 valence electrons. The van der Waals surface area contributed by atoms with Crippen molar-refractivity contribution in [1.29, 1.82) is 0 Å². The standard InChI is InChI=1S/C11H15BrClNOS/c1-8-7-9(16-10(8)12)11(15)14-6-4-2-3-5-13/h7H,2-6H2,1H3,(H,14,15). The van der Waals surface area contributed by atoms with Crippen LogP contribution in [0.25, 0.3) is 0 Å². The van der Waals surface area contributed by atoms with Crippen LogP contribution in [0.3, 0.4) is 0 Å². The summed E-state index contributed by atoms with van der Waals surface area (Å²) in [5.74, 6) is 0.718. The van der Waals surface area contributed by atoms with Gasteiger partial charge in [0.25, 0.3) is 5.91 Å². The van der Waals surface area contributed by atoms with Gasteiger partial charge in [0.15, 0.2) is 0 Å². The molecule has 0 atom stereocenters. The van der Waals surface area contributed by atoms with Gasteiger partial charge in [-0.15, -0.1) is 22.9 Å². The van der Waals surface area contributed by atoms with Gasteiger partial charge in [-0.05, 0) is 47.3 Å². The molecule has 0 aliphatic rings. The van der Waals surface area contributed by atoms with Crippen molar-refractivity contribution in [2.45, 2.75) is 26.2 Å². The second kappa shape index (κ2) is 7.30. The Morgan fingerprint density at radius 2 is 2.25 bits per heavy atom. The summed E-state index contributed by atoms with van der Waals surface area (Å²) in [5, 5.41) is 2.91. The first-order valence-corrected chi connectivity index (χ1v) is 7.39. The highest BCUT2D eigenvalue weighted by Crippen LogP contribution is 2.27. The molecule has 1 heterocycles. The summed E-state index contributed by atoms with van der Waals surface area (Å²) in [4.78, 5) is 12.5. The van der Waals surface area contributed by atoms with Gasteiger partial charge in [-0.25, -0.2) is 0 Å². The first kappa shape index (κ1) is 14.0. The number of amides is 1. The Morgan fingerprint density at radius 3 is 2.81 bits per heavy atom. The van der Waals surface area contributed by atoms with Gasteiger partial charge in [0.05, 0.1) is 8.66 Å². The van der Waals surface area contributed by atoms with E-state index in [1.807, 2.05) is 13.0 Å². The molecular formula is C11H15BrClNOS. The summed E-state index contributed by atoms with van der Waals surface area (Å²) in [6, 6.07) is 1.91. The van der Waals surface area contributed by atoms with Crippen molar-refractivity contribution in [3.05, 3.63) is 20.3 Å². The average molecular weight is 325 g/mol. The second-order valence-corrected chi connectivity index (χ2v) is 6.32. The van der Waals surface area contributed by atoms with Crippen LogP contribution in [0, 0.1) is 6.92 Å². The molecule has 1 aromatic heterocycles. The lowest BCUT2D eigenvalue weighted by atomic mass is 10.2. The molecule has 16 heavy (non-hydrogen) atoms. The number of alkyl halides is 1. The van der Waals surface area contributed by atoms with Crippen LogP contribution in [0.2, 0.25) is 0 Å². The van der Waals surface area contributed by atoms with Crippen molar-refractivity contribution in [2.24, 2.45) is 0 Å². The van der Waals surface area contributed by atoms with Gasteiger partial charge in [-0.3, -0.25) is 4.79 Å². The van der Waals surface area contributed by atoms with E-state index in [1.165, 1.54) is 11.3 Å². The second-order valence-electron chi connectivity index (χ2n) is 3.57. The fourth-order valence-corrected chi connectivity index (χ4v) is 2.90. The normalized spacial score (nSPS) is 10.4. The molecule has 0 spiro atoms. The lowest BCUT2D eigenvalue weighted by molar-refractivity contribution is 0.0957. The minimum Gasteiger partial charge on any atom is -0.351 e. The zero-order valence-electron chi connectivity index (χ0n) is 9.19. The van der Waals surface area contributed by atoms with Crippen LogP contribution in [0.15, 0.2) is 9.85 Å². The number of hydrogen-bond donors (Lipinski definition) is 1. The van der Waals surface area contributed by atoms with Crippen LogP contribution in [-0.2, 0) is 0 Å². The summed E-state index contributed by atoms with van der Waals surface area (Å²) < 4.78 is 1.03. The van der Waals surface area contributed by atoms with Crippen molar-refractivity contribution in [2.75, 3.05) is 12.4 Å². The maximum absolute atomic E-state index is 11.7. The van der Waals surface area contributed by atoms with E-state index in [0.29, 0.717) is 5.88 Å². The monoisotopic (exact) mass is 323 g/mol. The molecule has 1 aromatic rings. The van der Waals surface area contributed by atoms with E-state index in [0.717, 1.165) is 40.0 Å². The Kier molecular flexibility index (Phi) is 6.39. The Labute approximate surface area is 114 Å². The Morgan fingerprint density at radius 1 is 1.50 bits per heavy atom. The first-order chi connectivity index (χ1) is 7.65. The molecule has 0 saturated heterocycles. The van der Waals surface area contributed by atoms with Gasteiger partial charge >= 0.3 is 0 Å². The molecule has 0 unspecified atom stereocenters. The number of halogens is 2. The molecule has 0 radical (unpaired) electrons. The predicted octanol–water partition coefficient (Wildman–Crippen LogP) is 3.96. The highest BCUT2D eigenvalue weighted by molar-refractivity contribution is 9.11. The maximum Gasteiger partial charge on any atom is 0.261 e. The topological polar surface area (TPSA) is 29.1 Å². The van der Waals surface area contributed by atoms with E-state index in [-0.39, 0.29) is 5.91 Å². The molecule has 5 heteroatoms. The Hall–Kier alpha value is -0.0600. The van der Waals surface area contributed by atoms with Gasteiger partial charge in [0.1, 0.15) is 0 Å². The summed E-state index contributed by atoms with van der Waals surface area (Å²) in [6.07, 6.45) is 3.07. The summed E-state index contributed by atoms with van der Waals surface area (Å²) in [6.45, 7) is 2.71. The molecule has 1 rings (SSSR count). The molecule has 0 fully saturated rings. The van der Waals surface area contributed by atoms with E-state index in [1.54, 1.807) is 0 Å². The minimum absolute atomic E-state index is 0.0182. The van der Waals surface area contributed by atoms with Crippen molar-refractivity contribution in [3.8, 4) is 0 Å². The first-order valence-electron chi connectivity index (χ1n) is 5.25. The van der Waals surface area contributed by atoms with E-state index in [2.05, 4.69) is 21.2 Å². The lowest BCUT2D eigenvalue weighted by Crippen LogP contribution is -2.23.